The molecule has 0 aromatic heterocycles. The lowest BCUT2D eigenvalue weighted by atomic mass is 9.84. The van der Waals surface area contributed by atoms with E-state index in [9.17, 15) is 5.11 Å². The third kappa shape index (κ3) is 3.29. The molecule has 20 heavy (non-hydrogen) atoms. The van der Waals surface area contributed by atoms with Crippen molar-refractivity contribution in [2.45, 2.75) is 18.1 Å². The van der Waals surface area contributed by atoms with Crippen LogP contribution in [-0.2, 0) is 0 Å². The molecular weight excluding hydrogens is 314 g/mol. The van der Waals surface area contributed by atoms with E-state index < -0.39 is 6.10 Å². The molecule has 0 saturated heterocycles. The van der Waals surface area contributed by atoms with E-state index >= 15 is 0 Å². The van der Waals surface area contributed by atoms with Crippen molar-refractivity contribution in [2.24, 2.45) is 5.73 Å². The number of aliphatic hydroxyl groups is 1. The fourth-order valence-electron chi connectivity index (χ4n) is 2.26. The summed E-state index contributed by atoms with van der Waals surface area (Å²) in [7, 11) is 0. The van der Waals surface area contributed by atoms with Crippen LogP contribution in [-0.4, -0.2) is 11.2 Å². The minimum Gasteiger partial charge on any atom is -0.380 e. The number of nitrogens with two attached hydrogens (primary N) is 1. The first-order valence-corrected chi connectivity index (χ1v) is 7.13. The van der Waals surface area contributed by atoms with Crippen molar-refractivity contribution in [3.05, 3.63) is 70.2 Å². The van der Waals surface area contributed by atoms with Crippen molar-refractivity contribution in [1.82, 2.24) is 0 Å². The molecule has 3 heteroatoms. The van der Waals surface area contributed by atoms with Gasteiger partial charge in [-0.2, -0.15) is 0 Å². The molecule has 2 aromatic carbocycles. The average molecular weight is 330 g/mol. The Bertz CT molecular complexity index is 589. The van der Waals surface area contributed by atoms with E-state index in [4.69, 9.17) is 12.2 Å². The van der Waals surface area contributed by atoms with E-state index in [1.807, 2.05) is 54.6 Å². The van der Waals surface area contributed by atoms with Crippen molar-refractivity contribution in [1.29, 1.82) is 0 Å². The summed E-state index contributed by atoms with van der Waals surface area (Å²) in [6, 6.07) is 17.0. The lowest BCUT2D eigenvalue weighted by Crippen LogP contribution is -2.29. The Balaban J connectivity index is 2.37. The molecule has 3 atom stereocenters. The van der Waals surface area contributed by atoms with Crippen LogP contribution in [0.15, 0.2) is 59.1 Å². The third-order valence-corrected chi connectivity index (χ3v) is 3.87. The molecule has 0 amide bonds. The molecule has 0 spiro atoms. The molecule has 0 aliphatic carbocycles. The highest BCUT2D eigenvalue weighted by Gasteiger charge is 2.27. The molecule has 0 fully saturated rings. The van der Waals surface area contributed by atoms with Crippen LogP contribution in [0.3, 0.4) is 0 Å². The number of hydrogen-bond donors (Lipinski definition) is 2. The molecule has 0 aliphatic rings. The van der Waals surface area contributed by atoms with Gasteiger partial charge in [0.1, 0.15) is 6.10 Å². The minimum absolute atomic E-state index is 0.331. The third-order valence-electron chi connectivity index (χ3n) is 3.34. The summed E-state index contributed by atoms with van der Waals surface area (Å²) >= 11 is 3.40. The fraction of sp³-hybridized carbons (Fsp3) is 0.176. The first kappa shape index (κ1) is 14.8. The largest absolute Gasteiger partial charge is 0.380 e. The molecule has 0 saturated carbocycles. The first-order valence-electron chi connectivity index (χ1n) is 6.33. The molecule has 2 nitrogen and oxygen atoms in total. The SMILES string of the molecule is C#CC(O)C(c1ccccc1)C(N)c1ccc(Br)cc1. The van der Waals surface area contributed by atoms with Gasteiger partial charge in [-0.1, -0.05) is 64.3 Å². The maximum atomic E-state index is 10.1. The first-order chi connectivity index (χ1) is 9.63. The van der Waals surface area contributed by atoms with Crippen LogP contribution in [0.25, 0.3) is 0 Å². The zero-order valence-electron chi connectivity index (χ0n) is 10.9. The highest BCUT2D eigenvalue weighted by atomic mass is 79.9. The second-order valence-electron chi connectivity index (χ2n) is 4.63. The molecule has 2 aromatic rings. The molecule has 102 valence electrons. The highest BCUT2D eigenvalue weighted by molar-refractivity contribution is 9.10. The van der Waals surface area contributed by atoms with Crippen LogP contribution in [0.1, 0.15) is 23.1 Å². The van der Waals surface area contributed by atoms with Crippen LogP contribution in [0, 0.1) is 12.3 Å². The average Bonchev–Trinajstić information content (AvgIpc) is 2.49. The predicted octanol–water partition coefficient (Wildman–Crippen LogP) is 3.23. The monoisotopic (exact) mass is 329 g/mol. The molecule has 0 aliphatic heterocycles. The number of benzene rings is 2. The normalized spacial score (nSPS) is 15.1. The lowest BCUT2D eigenvalue weighted by Gasteiger charge is -2.26. The highest BCUT2D eigenvalue weighted by Crippen LogP contribution is 2.32. The summed E-state index contributed by atoms with van der Waals surface area (Å²) in [6.45, 7) is 0. The van der Waals surface area contributed by atoms with Crippen molar-refractivity contribution >= 4 is 15.9 Å². The molecule has 0 radical (unpaired) electrons. The lowest BCUT2D eigenvalue weighted by molar-refractivity contribution is 0.185. The Morgan fingerprint density at radius 3 is 2.15 bits per heavy atom. The Labute approximate surface area is 127 Å². The molecule has 0 heterocycles. The minimum atomic E-state index is -0.920. The number of halogens is 1. The van der Waals surface area contributed by atoms with E-state index in [1.165, 1.54) is 0 Å². The number of rotatable bonds is 4. The molecule has 3 unspecified atom stereocenters. The van der Waals surface area contributed by atoms with E-state index in [2.05, 4.69) is 21.9 Å². The van der Waals surface area contributed by atoms with Crippen LogP contribution in [0.4, 0.5) is 0 Å². The van der Waals surface area contributed by atoms with E-state index in [0.29, 0.717) is 0 Å². The smallest absolute Gasteiger partial charge is 0.123 e. The molecular formula is C17H16BrNO. The topological polar surface area (TPSA) is 46.2 Å². The Morgan fingerprint density at radius 2 is 1.60 bits per heavy atom. The maximum Gasteiger partial charge on any atom is 0.123 e. The van der Waals surface area contributed by atoms with Gasteiger partial charge in [0.15, 0.2) is 0 Å². The van der Waals surface area contributed by atoms with Crippen LogP contribution in [0.5, 0.6) is 0 Å². The quantitative estimate of drug-likeness (QED) is 0.846. The standard InChI is InChI=1S/C17H16BrNO/c1-2-15(20)16(12-6-4-3-5-7-12)17(19)13-8-10-14(18)11-9-13/h1,3-11,15-17,20H,19H2. The Hall–Kier alpha value is -1.60. The van der Waals surface area contributed by atoms with Gasteiger partial charge >= 0.3 is 0 Å². The van der Waals surface area contributed by atoms with Gasteiger partial charge in [-0.05, 0) is 23.3 Å². The van der Waals surface area contributed by atoms with Gasteiger partial charge < -0.3 is 10.8 Å². The second kappa shape index (κ2) is 6.71. The fourth-order valence-corrected chi connectivity index (χ4v) is 2.52. The van der Waals surface area contributed by atoms with Gasteiger partial charge in [0, 0.05) is 16.4 Å². The number of aliphatic hydroxyl groups excluding tert-OH is 1. The summed E-state index contributed by atoms with van der Waals surface area (Å²) in [5, 5.41) is 10.1. The number of hydrogen-bond acceptors (Lipinski definition) is 2. The van der Waals surface area contributed by atoms with Gasteiger partial charge in [0.25, 0.3) is 0 Å². The molecule has 3 N–H and O–H groups in total. The second-order valence-corrected chi connectivity index (χ2v) is 5.54. The van der Waals surface area contributed by atoms with Crippen molar-refractivity contribution in [3.63, 3.8) is 0 Å². The summed E-state index contributed by atoms with van der Waals surface area (Å²) in [4.78, 5) is 0. The summed E-state index contributed by atoms with van der Waals surface area (Å²) in [6.07, 6.45) is 4.47. The van der Waals surface area contributed by atoms with Crippen LogP contribution >= 0.6 is 15.9 Å². The zero-order chi connectivity index (χ0) is 14.5. The van der Waals surface area contributed by atoms with E-state index in [1.54, 1.807) is 0 Å². The predicted molar refractivity (Wildman–Crippen MR) is 85.1 cm³/mol. The molecule has 2 rings (SSSR count). The summed E-state index contributed by atoms with van der Waals surface area (Å²) < 4.78 is 0.988. The summed E-state index contributed by atoms with van der Waals surface area (Å²) in [5.41, 5.74) is 8.21. The zero-order valence-corrected chi connectivity index (χ0v) is 12.5. The van der Waals surface area contributed by atoms with Crippen molar-refractivity contribution in [3.8, 4) is 12.3 Å². The maximum absolute atomic E-state index is 10.1. The van der Waals surface area contributed by atoms with Crippen molar-refractivity contribution in [2.75, 3.05) is 0 Å². The Morgan fingerprint density at radius 1 is 1.00 bits per heavy atom. The van der Waals surface area contributed by atoms with E-state index in [-0.39, 0.29) is 12.0 Å². The van der Waals surface area contributed by atoms with Crippen LogP contribution < -0.4 is 5.73 Å². The van der Waals surface area contributed by atoms with Gasteiger partial charge in [-0.15, -0.1) is 6.42 Å². The van der Waals surface area contributed by atoms with Crippen LogP contribution in [0.2, 0.25) is 0 Å². The van der Waals surface area contributed by atoms with Crippen molar-refractivity contribution < 1.29 is 5.11 Å². The molecule has 0 bridgehead atoms. The van der Waals surface area contributed by atoms with Gasteiger partial charge in [0.05, 0.1) is 0 Å². The Kier molecular flexibility index (Phi) is 4.97. The number of terminal acetylenes is 1. The van der Waals surface area contributed by atoms with E-state index in [0.717, 1.165) is 15.6 Å². The summed E-state index contributed by atoms with van der Waals surface area (Å²) in [5.74, 6) is 2.06. The van der Waals surface area contributed by atoms with Gasteiger partial charge in [-0.25, -0.2) is 0 Å². The van der Waals surface area contributed by atoms with Gasteiger partial charge in [0.2, 0.25) is 0 Å². The van der Waals surface area contributed by atoms with Gasteiger partial charge in [-0.3, -0.25) is 0 Å².